The standard InChI is InChI=1S/C6H9BN4O/c7-11-3-10-5-4(12)1-8-2-9-6(5)11/h2-4,12H,1,7H2,(H,8,9)/t4-/m1/s1. The second-order valence-electron chi connectivity index (χ2n) is 2.75. The van der Waals surface area contributed by atoms with E-state index in [9.17, 15) is 5.11 Å². The first kappa shape index (κ1) is 7.36. The molecule has 6 heteroatoms. The van der Waals surface area contributed by atoms with Crippen LogP contribution in [-0.2, 0) is 0 Å². The highest BCUT2D eigenvalue weighted by molar-refractivity contribution is 6.08. The minimum absolute atomic E-state index is 0.466. The normalized spacial score (nSPS) is 21.2. The molecule has 0 amide bonds. The Bertz CT molecular complexity index is 321. The van der Waals surface area contributed by atoms with Gasteiger partial charge < -0.3 is 14.9 Å². The minimum atomic E-state index is -0.566. The number of aliphatic hydroxyl groups is 1. The number of nitrogens with zero attached hydrogens (tertiary/aromatic N) is 3. The molecule has 1 atom stereocenters. The van der Waals surface area contributed by atoms with Crippen LogP contribution in [0.5, 0.6) is 0 Å². The van der Waals surface area contributed by atoms with E-state index in [2.05, 4.69) is 15.3 Å². The Balaban J connectivity index is 2.51. The molecule has 0 fully saturated rings. The van der Waals surface area contributed by atoms with E-state index in [0.717, 1.165) is 0 Å². The maximum Gasteiger partial charge on any atom is 0.226 e. The Labute approximate surface area is 70.6 Å². The first-order valence-electron chi connectivity index (χ1n) is 3.74. The van der Waals surface area contributed by atoms with Crippen molar-refractivity contribution in [3.05, 3.63) is 12.0 Å². The van der Waals surface area contributed by atoms with Crippen molar-refractivity contribution in [2.45, 2.75) is 6.10 Å². The second-order valence-corrected chi connectivity index (χ2v) is 2.75. The number of hydrogen-bond acceptors (Lipinski definition) is 4. The second kappa shape index (κ2) is 2.64. The third kappa shape index (κ3) is 1.00. The van der Waals surface area contributed by atoms with Gasteiger partial charge in [0.15, 0.2) is 0 Å². The zero-order valence-corrected chi connectivity index (χ0v) is 6.73. The molecule has 1 aliphatic rings. The molecule has 2 heterocycles. The lowest BCUT2D eigenvalue weighted by atomic mass is 10.2. The van der Waals surface area contributed by atoms with Gasteiger partial charge in [-0.1, -0.05) is 0 Å². The van der Waals surface area contributed by atoms with Gasteiger partial charge in [-0.2, -0.15) is 0 Å². The van der Waals surface area contributed by atoms with Crippen LogP contribution in [0.25, 0.3) is 0 Å². The highest BCUT2D eigenvalue weighted by Crippen LogP contribution is 2.23. The molecule has 0 saturated heterocycles. The molecule has 2 N–H and O–H groups in total. The van der Waals surface area contributed by atoms with E-state index < -0.39 is 6.10 Å². The molecule has 0 aliphatic carbocycles. The summed E-state index contributed by atoms with van der Waals surface area (Å²) < 4.78 is 1.78. The Morgan fingerprint density at radius 1 is 1.75 bits per heavy atom. The number of rotatable bonds is 0. The van der Waals surface area contributed by atoms with Gasteiger partial charge in [-0.05, 0) is 0 Å². The fourth-order valence-corrected chi connectivity index (χ4v) is 1.20. The molecule has 2 rings (SSSR count). The molecule has 5 nitrogen and oxygen atoms in total. The van der Waals surface area contributed by atoms with Crippen LogP contribution in [0, 0.1) is 0 Å². The number of imidazole rings is 1. The summed E-state index contributed by atoms with van der Waals surface area (Å²) >= 11 is 0. The molecular weight excluding hydrogens is 155 g/mol. The topological polar surface area (TPSA) is 62.4 Å². The monoisotopic (exact) mass is 164 g/mol. The minimum Gasteiger partial charge on any atom is -0.385 e. The summed E-state index contributed by atoms with van der Waals surface area (Å²) in [5.74, 6) is 0.715. The van der Waals surface area contributed by atoms with Gasteiger partial charge in [-0.15, -0.1) is 0 Å². The summed E-state index contributed by atoms with van der Waals surface area (Å²) in [4.78, 5) is 8.16. The molecule has 0 saturated carbocycles. The van der Waals surface area contributed by atoms with Crippen LogP contribution in [0.1, 0.15) is 11.8 Å². The Morgan fingerprint density at radius 3 is 3.42 bits per heavy atom. The van der Waals surface area contributed by atoms with E-state index in [1.165, 1.54) is 0 Å². The summed E-state index contributed by atoms with van der Waals surface area (Å²) in [6.45, 7) is 0.466. The zero-order chi connectivity index (χ0) is 8.55. The lowest BCUT2D eigenvalue weighted by Crippen LogP contribution is -2.17. The van der Waals surface area contributed by atoms with Gasteiger partial charge in [0.05, 0.1) is 12.7 Å². The first-order chi connectivity index (χ1) is 5.79. The van der Waals surface area contributed by atoms with E-state index in [1.54, 1.807) is 17.1 Å². The maximum absolute atomic E-state index is 9.54. The average Bonchev–Trinajstić information content (AvgIpc) is 2.30. The Kier molecular flexibility index (Phi) is 1.62. The summed E-state index contributed by atoms with van der Waals surface area (Å²) in [7, 11) is 1.85. The van der Waals surface area contributed by atoms with Gasteiger partial charge in [-0.25, -0.2) is 9.98 Å². The molecular formula is C6H9BN4O. The molecule has 0 spiro atoms. The molecule has 1 aromatic rings. The first-order valence-corrected chi connectivity index (χ1v) is 3.74. The van der Waals surface area contributed by atoms with Gasteiger partial charge in [0.2, 0.25) is 7.98 Å². The summed E-state index contributed by atoms with van der Waals surface area (Å²) in [6, 6.07) is 0. The largest absolute Gasteiger partial charge is 0.385 e. The highest BCUT2D eigenvalue weighted by Gasteiger charge is 2.17. The fourth-order valence-electron chi connectivity index (χ4n) is 1.20. The predicted molar refractivity (Wildman–Crippen MR) is 47.3 cm³/mol. The van der Waals surface area contributed by atoms with Crippen LogP contribution in [0.15, 0.2) is 11.3 Å². The van der Waals surface area contributed by atoms with E-state index in [-0.39, 0.29) is 0 Å². The number of aliphatic imine (C=N–C) groups is 1. The lowest BCUT2D eigenvalue weighted by Gasteiger charge is -2.04. The Morgan fingerprint density at radius 2 is 2.58 bits per heavy atom. The number of nitrogens with one attached hydrogen (secondary N) is 1. The molecule has 0 unspecified atom stereocenters. The van der Waals surface area contributed by atoms with E-state index in [0.29, 0.717) is 18.1 Å². The number of hydrogen-bond donors (Lipinski definition) is 2. The Hall–Kier alpha value is -1.30. The maximum atomic E-state index is 9.54. The summed E-state index contributed by atoms with van der Waals surface area (Å²) in [5.41, 5.74) is 0.638. The fraction of sp³-hybridized carbons (Fsp3) is 0.333. The molecule has 1 aliphatic heterocycles. The molecule has 1 aromatic heterocycles. The van der Waals surface area contributed by atoms with E-state index in [4.69, 9.17) is 0 Å². The van der Waals surface area contributed by atoms with Gasteiger partial charge in [0, 0.05) is 6.54 Å². The number of aliphatic hydroxyl groups excluding tert-OH is 1. The average molecular weight is 164 g/mol. The van der Waals surface area contributed by atoms with Crippen molar-refractivity contribution in [3.63, 3.8) is 0 Å². The molecule has 0 radical (unpaired) electrons. The van der Waals surface area contributed by atoms with Crippen molar-refractivity contribution < 1.29 is 5.11 Å². The molecule has 0 aromatic carbocycles. The van der Waals surface area contributed by atoms with Gasteiger partial charge in [0.1, 0.15) is 17.6 Å². The summed E-state index contributed by atoms with van der Waals surface area (Å²) in [6.07, 6.45) is 2.66. The lowest BCUT2D eigenvalue weighted by molar-refractivity contribution is 0.179. The number of fused-ring (bicyclic) bond motifs is 1. The third-order valence-electron chi connectivity index (χ3n) is 1.84. The predicted octanol–water partition coefficient (Wildman–Crippen LogP) is -1.42. The highest BCUT2D eigenvalue weighted by atomic mass is 16.3. The van der Waals surface area contributed by atoms with Crippen LogP contribution >= 0.6 is 0 Å². The van der Waals surface area contributed by atoms with Crippen molar-refractivity contribution in [1.29, 1.82) is 0 Å². The molecule has 62 valence electrons. The van der Waals surface area contributed by atoms with Crippen LogP contribution < -0.4 is 5.32 Å². The van der Waals surface area contributed by atoms with Gasteiger partial charge in [-0.3, -0.25) is 0 Å². The third-order valence-corrected chi connectivity index (χ3v) is 1.84. The van der Waals surface area contributed by atoms with E-state index >= 15 is 0 Å². The van der Waals surface area contributed by atoms with E-state index in [1.807, 2.05) is 7.98 Å². The van der Waals surface area contributed by atoms with Crippen molar-refractivity contribution >= 4 is 20.1 Å². The van der Waals surface area contributed by atoms with Crippen LogP contribution in [0.3, 0.4) is 0 Å². The SMILES string of the molecule is Bn1cnc2c1N=CNC[C@H]2O. The van der Waals surface area contributed by atoms with Crippen LogP contribution in [0.4, 0.5) is 5.82 Å². The van der Waals surface area contributed by atoms with Gasteiger partial charge >= 0.3 is 0 Å². The van der Waals surface area contributed by atoms with Crippen LogP contribution in [0.2, 0.25) is 0 Å². The molecule has 0 bridgehead atoms. The van der Waals surface area contributed by atoms with Crippen LogP contribution in [-0.4, -0.2) is 35.4 Å². The van der Waals surface area contributed by atoms with Gasteiger partial charge in [0.25, 0.3) is 0 Å². The van der Waals surface area contributed by atoms with Crippen molar-refractivity contribution in [2.75, 3.05) is 6.54 Å². The molecule has 12 heavy (non-hydrogen) atoms. The number of aromatic nitrogens is 2. The van der Waals surface area contributed by atoms with Crippen molar-refractivity contribution in [3.8, 4) is 0 Å². The number of β-amino-alcohol motifs (C(OH)–C–C–N with tert-alkyl or cyclic N) is 1. The summed E-state index contributed by atoms with van der Waals surface area (Å²) in [5, 5.41) is 12.4. The smallest absolute Gasteiger partial charge is 0.226 e. The quantitative estimate of drug-likeness (QED) is 0.462. The zero-order valence-electron chi connectivity index (χ0n) is 6.73. The van der Waals surface area contributed by atoms with Crippen molar-refractivity contribution in [2.24, 2.45) is 4.99 Å². The van der Waals surface area contributed by atoms with Crippen molar-refractivity contribution in [1.82, 2.24) is 14.8 Å².